The molecule has 0 aromatic heterocycles. The third-order valence-corrected chi connectivity index (χ3v) is 4.22. The predicted molar refractivity (Wildman–Crippen MR) is 97.9 cm³/mol. The Morgan fingerprint density at radius 1 is 1.09 bits per heavy atom. The number of carbonyl (C=O) groups excluding carboxylic acids is 1. The Balaban J connectivity index is 5.08. The van der Waals surface area contributed by atoms with Gasteiger partial charge in [-0.25, -0.2) is 0 Å². The Morgan fingerprint density at radius 3 is 2.18 bits per heavy atom. The number of hydrogen-bond acceptors (Lipinski definition) is 2. The van der Waals surface area contributed by atoms with Crippen molar-refractivity contribution in [2.24, 2.45) is 5.92 Å². The minimum absolute atomic E-state index is 0.506. The number of allylic oxidation sites excluding steroid dienone is 6. The molecule has 2 atom stereocenters. The van der Waals surface area contributed by atoms with Crippen LogP contribution in [0, 0.1) is 5.92 Å². The van der Waals surface area contributed by atoms with E-state index >= 15 is 0 Å². The maximum atomic E-state index is 11.4. The lowest BCUT2D eigenvalue weighted by molar-refractivity contribution is -0.104. The Labute approximate surface area is 137 Å². The van der Waals surface area contributed by atoms with Crippen LogP contribution >= 0.6 is 0 Å². The molecule has 0 aliphatic rings. The molecule has 0 heterocycles. The van der Waals surface area contributed by atoms with Crippen molar-refractivity contribution in [3.63, 3.8) is 0 Å². The molecular weight excluding hydrogens is 270 g/mol. The van der Waals surface area contributed by atoms with Crippen molar-refractivity contribution in [3.05, 3.63) is 34.6 Å². The Kier molecular flexibility index (Phi) is 10.6. The zero-order valence-electron chi connectivity index (χ0n) is 15.6. The quantitative estimate of drug-likeness (QED) is 0.325. The summed E-state index contributed by atoms with van der Waals surface area (Å²) < 4.78 is 0. The van der Waals surface area contributed by atoms with Crippen LogP contribution in [0.5, 0.6) is 0 Å². The first-order valence-electron chi connectivity index (χ1n) is 8.67. The van der Waals surface area contributed by atoms with Gasteiger partial charge in [-0.2, -0.15) is 0 Å². The van der Waals surface area contributed by atoms with Crippen LogP contribution in [0.25, 0.3) is 0 Å². The molecule has 0 aliphatic carbocycles. The number of rotatable bonds is 10. The van der Waals surface area contributed by atoms with Crippen molar-refractivity contribution in [2.75, 3.05) is 0 Å². The molecule has 0 aliphatic heterocycles. The van der Waals surface area contributed by atoms with E-state index in [1.165, 1.54) is 12.8 Å². The van der Waals surface area contributed by atoms with Gasteiger partial charge in [-0.05, 0) is 63.2 Å². The second-order valence-electron chi connectivity index (χ2n) is 6.34. The highest BCUT2D eigenvalue weighted by atomic mass is 16.1. The SMILES string of the molecule is CC/C=C(C)/C(C=O)=C(C)\C=C(/C)NC(CC)CC(C)CC. The Hall–Kier alpha value is -1.31. The first-order valence-corrected chi connectivity index (χ1v) is 8.67. The lowest BCUT2D eigenvalue weighted by Crippen LogP contribution is -2.28. The summed E-state index contributed by atoms with van der Waals surface area (Å²) in [5.74, 6) is 0.738. The van der Waals surface area contributed by atoms with Crippen molar-refractivity contribution in [1.29, 1.82) is 0 Å². The molecule has 126 valence electrons. The molecule has 2 unspecified atom stereocenters. The second kappa shape index (κ2) is 11.3. The fraction of sp³-hybridized carbons (Fsp3) is 0.650. The molecule has 0 aromatic carbocycles. The van der Waals surface area contributed by atoms with Gasteiger partial charge in [0.2, 0.25) is 0 Å². The fourth-order valence-electron chi connectivity index (χ4n) is 2.66. The Morgan fingerprint density at radius 2 is 1.73 bits per heavy atom. The summed E-state index contributed by atoms with van der Waals surface area (Å²) >= 11 is 0. The van der Waals surface area contributed by atoms with Gasteiger partial charge in [0.25, 0.3) is 0 Å². The minimum atomic E-state index is 0.506. The van der Waals surface area contributed by atoms with Gasteiger partial charge in [0, 0.05) is 17.3 Å². The van der Waals surface area contributed by atoms with Crippen LogP contribution in [0.15, 0.2) is 34.6 Å². The molecule has 0 amide bonds. The predicted octanol–water partition coefficient (Wildman–Crippen LogP) is 5.57. The van der Waals surface area contributed by atoms with Crippen molar-refractivity contribution >= 4 is 6.29 Å². The van der Waals surface area contributed by atoms with Crippen LogP contribution in [0.4, 0.5) is 0 Å². The highest BCUT2D eigenvalue weighted by Gasteiger charge is 2.10. The van der Waals surface area contributed by atoms with Gasteiger partial charge in [0.15, 0.2) is 6.29 Å². The van der Waals surface area contributed by atoms with Crippen LogP contribution in [0.1, 0.15) is 74.1 Å². The summed E-state index contributed by atoms with van der Waals surface area (Å²) in [6.45, 7) is 15.0. The number of hydrogen-bond donors (Lipinski definition) is 1. The van der Waals surface area contributed by atoms with E-state index in [0.717, 1.165) is 47.5 Å². The first-order chi connectivity index (χ1) is 10.4. The van der Waals surface area contributed by atoms with Crippen LogP contribution in [0.2, 0.25) is 0 Å². The first kappa shape index (κ1) is 20.7. The zero-order valence-corrected chi connectivity index (χ0v) is 15.6. The summed E-state index contributed by atoms with van der Waals surface area (Å²) in [7, 11) is 0. The molecule has 2 nitrogen and oxygen atoms in total. The van der Waals surface area contributed by atoms with Crippen molar-refractivity contribution in [2.45, 2.75) is 80.2 Å². The molecule has 0 saturated carbocycles. The van der Waals surface area contributed by atoms with Crippen molar-refractivity contribution < 1.29 is 4.79 Å². The van der Waals surface area contributed by atoms with Gasteiger partial charge in [0.05, 0.1) is 0 Å². The minimum Gasteiger partial charge on any atom is -0.386 e. The molecule has 22 heavy (non-hydrogen) atoms. The normalized spacial score (nSPS) is 16.9. The molecule has 0 rings (SSSR count). The third kappa shape index (κ3) is 7.63. The molecule has 0 aromatic rings. The van der Waals surface area contributed by atoms with Gasteiger partial charge >= 0.3 is 0 Å². The maximum absolute atomic E-state index is 11.4. The Bertz CT molecular complexity index is 429. The maximum Gasteiger partial charge on any atom is 0.150 e. The zero-order chi connectivity index (χ0) is 17.1. The van der Waals surface area contributed by atoms with Crippen molar-refractivity contribution in [3.8, 4) is 0 Å². The topological polar surface area (TPSA) is 29.1 Å². The average molecular weight is 306 g/mol. The second-order valence-corrected chi connectivity index (χ2v) is 6.34. The molecule has 0 saturated heterocycles. The molecule has 0 spiro atoms. The number of aldehydes is 1. The van der Waals surface area contributed by atoms with E-state index in [1.807, 2.05) is 13.8 Å². The highest BCUT2D eigenvalue weighted by molar-refractivity contribution is 5.82. The largest absolute Gasteiger partial charge is 0.386 e. The smallest absolute Gasteiger partial charge is 0.150 e. The molecular formula is C20H35NO. The van der Waals surface area contributed by atoms with E-state index in [-0.39, 0.29) is 0 Å². The van der Waals surface area contributed by atoms with Crippen molar-refractivity contribution in [1.82, 2.24) is 5.32 Å². The summed E-state index contributed by atoms with van der Waals surface area (Å²) in [6, 6.07) is 0.506. The highest BCUT2D eigenvalue weighted by Crippen LogP contribution is 2.17. The average Bonchev–Trinajstić information content (AvgIpc) is 2.47. The summed E-state index contributed by atoms with van der Waals surface area (Å²) in [5, 5.41) is 3.60. The van der Waals surface area contributed by atoms with Gasteiger partial charge < -0.3 is 5.32 Å². The molecule has 0 bridgehead atoms. The summed E-state index contributed by atoms with van der Waals surface area (Å²) in [4.78, 5) is 11.4. The molecule has 0 fully saturated rings. The van der Waals surface area contributed by atoms with Gasteiger partial charge in [-0.3, -0.25) is 4.79 Å². The lowest BCUT2D eigenvalue weighted by Gasteiger charge is -2.22. The lowest BCUT2D eigenvalue weighted by atomic mass is 9.97. The van der Waals surface area contributed by atoms with E-state index < -0.39 is 0 Å². The number of carbonyl (C=O) groups is 1. The molecule has 2 heteroatoms. The standard InChI is InChI=1S/C20H35NO/c1-8-11-16(5)20(14-22)17(6)13-18(7)21-19(10-3)12-15(4)9-2/h11,13-15,19,21H,8-10,12H2,1-7H3/b16-11+,18-13+,20-17-. The summed E-state index contributed by atoms with van der Waals surface area (Å²) in [5.41, 5.74) is 4.03. The van der Waals surface area contributed by atoms with E-state index in [0.29, 0.717) is 6.04 Å². The van der Waals surface area contributed by atoms with E-state index in [1.54, 1.807) is 0 Å². The number of nitrogens with one attached hydrogen (secondary N) is 1. The van der Waals surface area contributed by atoms with E-state index in [2.05, 4.69) is 52.1 Å². The van der Waals surface area contributed by atoms with Crippen LogP contribution in [-0.4, -0.2) is 12.3 Å². The fourth-order valence-corrected chi connectivity index (χ4v) is 2.66. The third-order valence-electron chi connectivity index (χ3n) is 4.22. The van der Waals surface area contributed by atoms with Crippen LogP contribution < -0.4 is 5.32 Å². The monoisotopic (exact) mass is 305 g/mol. The van der Waals surface area contributed by atoms with Gasteiger partial charge in [-0.1, -0.05) is 40.2 Å². The molecule has 1 N–H and O–H groups in total. The van der Waals surface area contributed by atoms with Gasteiger partial charge in [0.1, 0.15) is 0 Å². The van der Waals surface area contributed by atoms with E-state index in [4.69, 9.17) is 0 Å². The van der Waals surface area contributed by atoms with Crippen LogP contribution in [-0.2, 0) is 4.79 Å². The van der Waals surface area contributed by atoms with Crippen LogP contribution in [0.3, 0.4) is 0 Å². The molecule has 0 radical (unpaired) electrons. The van der Waals surface area contributed by atoms with Gasteiger partial charge in [-0.15, -0.1) is 0 Å². The van der Waals surface area contributed by atoms with E-state index in [9.17, 15) is 4.79 Å². The summed E-state index contributed by atoms with van der Waals surface area (Å²) in [6.07, 6.45) is 9.64.